The number of amides is 1. The predicted molar refractivity (Wildman–Crippen MR) is 46.1 cm³/mol. The summed E-state index contributed by atoms with van der Waals surface area (Å²) < 4.78 is 1.35. The molecule has 78 valence electrons. The van der Waals surface area contributed by atoms with E-state index >= 15 is 0 Å². The summed E-state index contributed by atoms with van der Waals surface area (Å²) in [5, 5.41) is 23.5. The lowest BCUT2D eigenvalue weighted by molar-refractivity contribution is -0.123. The molecule has 1 aromatic rings. The van der Waals surface area contributed by atoms with Crippen LogP contribution in [-0.2, 0) is 11.3 Å². The molecule has 1 heterocycles. The van der Waals surface area contributed by atoms with Crippen LogP contribution >= 0.6 is 0 Å². The molecule has 0 aromatic carbocycles. The van der Waals surface area contributed by atoms with E-state index in [1.165, 1.54) is 17.3 Å². The summed E-state index contributed by atoms with van der Waals surface area (Å²) in [5.41, 5.74) is 0. The lowest BCUT2D eigenvalue weighted by atomic mass is 10.3. The van der Waals surface area contributed by atoms with E-state index < -0.39 is 6.04 Å². The number of aliphatic hydroxyl groups excluding tert-OH is 2. The zero-order valence-corrected chi connectivity index (χ0v) is 7.50. The minimum atomic E-state index is -0.619. The third-order valence-electron chi connectivity index (χ3n) is 1.58. The van der Waals surface area contributed by atoms with Gasteiger partial charge in [0.2, 0.25) is 5.91 Å². The highest BCUT2D eigenvalue weighted by atomic mass is 16.3. The van der Waals surface area contributed by atoms with Gasteiger partial charge >= 0.3 is 0 Å². The SMILES string of the molecule is O=C(Cn1cncn1)NC(CO)CO. The summed E-state index contributed by atoms with van der Waals surface area (Å²) in [4.78, 5) is 14.9. The average molecular weight is 200 g/mol. The van der Waals surface area contributed by atoms with Crippen molar-refractivity contribution < 1.29 is 15.0 Å². The summed E-state index contributed by atoms with van der Waals surface area (Å²) in [6, 6.07) is -0.619. The number of hydrogen-bond acceptors (Lipinski definition) is 5. The zero-order chi connectivity index (χ0) is 10.4. The van der Waals surface area contributed by atoms with Crippen molar-refractivity contribution in [1.82, 2.24) is 20.1 Å². The zero-order valence-electron chi connectivity index (χ0n) is 7.50. The average Bonchev–Trinajstić information content (AvgIpc) is 2.66. The molecular weight excluding hydrogens is 188 g/mol. The Morgan fingerprint density at radius 3 is 2.71 bits per heavy atom. The van der Waals surface area contributed by atoms with Gasteiger partial charge in [-0.25, -0.2) is 9.67 Å². The van der Waals surface area contributed by atoms with E-state index in [-0.39, 0.29) is 25.7 Å². The van der Waals surface area contributed by atoms with Crippen molar-refractivity contribution in [3.8, 4) is 0 Å². The van der Waals surface area contributed by atoms with Crippen molar-refractivity contribution in [2.75, 3.05) is 13.2 Å². The third-order valence-corrected chi connectivity index (χ3v) is 1.58. The van der Waals surface area contributed by atoms with E-state index in [4.69, 9.17) is 10.2 Å². The first-order chi connectivity index (χ1) is 6.76. The van der Waals surface area contributed by atoms with E-state index in [0.29, 0.717) is 0 Å². The minimum Gasteiger partial charge on any atom is -0.394 e. The molecule has 7 nitrogen and oxygen atoms in total. The fourth-order valence-corrected chi connectivity index (χ4v) is 0.884. The Morgan fingerprint density at radius 1 is 1.50 bits per heavy atom. The maximum Gasteiger partial charge on any atom is 0.242 e. The Balaban J connectivity index is 2.35. The molecule has 14 heavy (non-hydrogen) atoms. The predicted octanol–water partition coefficient (Wildman–Crippen LogP) is -2.25. The Hall–Kier alpha value is -1.47. The fraction of sp³-hybridized carbons (Fsp3) is 0.571. The maximum atomic E-state index is 11.2. The van der Waals surface area contributed by atoms with Crippen molar-refractivity contribution in [3.05, 3.63) is 12.7 Å². The number of nitrogens with zero attached hydrogens (tertiary/aromatic N) is 3. The van der Waals surface area contributed by atoms with Crippen molar-refractivity contribution in [2.24, 2.45) is 0 Å². The summed E-state index contributed by atoms with van der Waals surface area (Å²) in [5.74, 6) is -0.330. The van der Waals surface area contributed by atoms with Crippen molar-refractivity contribution in [3.63, 3.8) is 0 Å². The second-order valence-electron chi connectivity index (χ2n) is 2.72. The Bertz CT molecular complexity index is 270. The van der Waals surface area contributed by atoms with Crippen molar-refractivity contribution in [1.29, 1.82) is 0 Å². The van der Waals surface area contributed by atoms with Gasteiger partial charge in [-0.2, -0.15) is 5.10 Å². The van der Waals surface area contributed by atoms with E-state index in [1.807, 2.05) is 0 Å². The van der Waals surface area contributed by atoms with Crippen LogP contribution in [0.15, 0.2) is 12.7 Å². The van der Waals surface area contributed by atoms with Crippen LogP contribution in [-0.4, -0.2) is 50.1 Å². The molecule has 0 fully saturated rings. The number of aliphatic hydroxyl groups is 2. The highest BCUT2D eigenvalue weighted by molar-refractivity contribution is 5.75. The smallest absolute Gasteiger partial charge is 0.242 e. The summed E-state index contributed by atoms with van der Waals surface area (Å²) in [6.45, 7) is -0.560. The molecule has 0 radical (unpaired) electrons. The minimum absolute atomic E-state index is 0.0243. The molecule has 0 atom stereocenters. The molecule has 7 heteroatoms. The molecule has 1 rings (SSSR count). The van der Waals surface area contributed by atoms with Gasteiger partial charge in [0.25, 0.3) is 0 Å². The molecule has 3 N–H and O–H groups in total. The monoisotopic (exact) mass is 200 g/mol. The molecular formula is C7H12N4O3. The molecule has 0 unspecified atom stereocenters. The topological polar surface area (TPSA) is 100 Å². The maximum absolute atomic E-state index is 11.2. The van der Waals surface area contributed by atoms with Crippen LogP contribution in [0.1, 0.15) is 0 Å². The van der Waals surface area contributed by atoms with Gasteiger partial charge in [-0.05, 0) is 0 Å². The molecule has 0 aliphatic carbocycles. The lowest BCUT2D eigenvalue weighted by Crippen LogP contribution is -2.41. The number of rotatable bonds is 5. The highest BCUT2D eigenvalue weighted by Crippen LogP contribution is 1.84. The van der Waals surface area contributed by atoms with Crippen LogP contribution in [0, 0.1) is 0 Å². The molecule has 0 aliphatic rings. The molecule has 0 spiro atoms. The van der Waals surface area contributed by atoms with Gasteiger partial charge in [0, 0.05) is 0 Å². The number of carbonyl (C=O) groups excluding carboxylic acids is 1. The van der Waals surface area contributed by atoms with Crippen LogP contribution in [0.4, 0.5) is 0 Å². The summed E-state index contributed by atoms with van der Waals surface area (Å²) in [6.07, 6.45) is 2.73. The van der Waals surface area contributed by atoms with E-state index in [9.17, 15) is 4.79 Å². The summed E-state index contributed by atoms with van der Waals surface area (Å²) >= 11 is 0. The Morgan fingerprint density at radius 2 is 2.21 bits per heavy atom. The molecule has 1 aromatic heterocycles. The van der Waals surface area contributed by atoms with Gasteiger partial charge in [0.15, 0.2) is 0 Å². The van der Waals surface area contributed by atoms with E-state index in [2.05, 4.69) is 15.4 Å². The van der Waals surface area contributed by atoms with Gasteiger partial charge in [0.05, 0.1) is 19.3 Å². The largest absolute Gasteiger partial charge is 0.394 e. The number of nitrogens with one attached hydrogen (secondary N) is 1. The fourth-order valence-electron chi connectivity index (χ4n) is 0.884. The highest BCUT2D eigenvalue weighted by Gasteiger charge is 2.10. The third kappa shape index (κ3) is 3.11. The first kappa shape index (κ1) is 10.6. The first-order valence-corrected chi connectivity index (χ1v) is 4.09. The van der Waals surface area contributed by atoms with E-state index in [1.54, 1.807) is 0 Å². The van der Waals surface area contributed by atoms with Crippen LogP contribution in [0.2, 0.25) is 0 Å². The Labute approximate surface area is 80.4 Å². The second-order valence-corrected chi connectivity index (χ2v) is 2.72. The van der Waals surface area contributed by atoms with Gasteiger partial charge in [-0.3, -0.25) is 4.79 Å². The van der Waals surface area contributed by atoms with E-state index in [0.717, 1.165) is 0 Å². The first-order valence-electron chi connectivity index (χ1n) is 4.09. The molecule has 0 saturated heterocycles. The lowest BCUT2D eigenvalue weighted by Gasteiger charge is -2.12. The van der Waals surface area contributed by atoms with Crippen molar-refractivity contribution >= 4 is 5.91 Å². The second kappa shape index (κ2) is 5.30. The molecule has 0 aliphatic heterocycles. The van der Waals surface area contributed by atoms with Crippen LogP contribution in [0.5, 0.6) is 0 Å². The van der Waals surface area contributed by atoms with Gasteiger partial charge in [0.1, 0.15) is 19.2 Å². The van der Waals surface area contributed by atoms with Crippen molar-refractivity contribution in [2.45, 2.75) is 12.6 Å². The quantitative estimate of drug-likeness (QED) is 0.498. The van der Waals surface area contributed by atoms with Crippen LogP contribution < -0.4 is 5.32 Å². The molecule has 0 bridgehead atoms. The number of aromatic nitrogens is 3. The standard InChI is InChI=1S/C7H12N4O3/c12-2-6(3-13)10-7(14)1-11-5-8-4-9-11/h4-6,12-13H,1-3H2,(H,10,14). The number of carbonyl (C=O) groups is 1. The van der Waals surface area contributed by atoms with Gasteiger partial charge in [-0.1, -0.05) is 0 Å². The molecule has 0 saturated carbocycles. The normalized spacial score (nSPS) is 10.5. The number of hydrogen-bond donors (Lipinski definition) is 3. The van der Waals surface area contributed by atoms with Crippen LogP contribution in [0.25, 0.3) is 0 Å². The van der Waals surface area contributed by atoms with Gasteiger partial charge in [-0.15, -0.1) is 0 Å². The van der Waals surface area contributed by atoms with Crippen LogP contribution in [0.3, 0.4) is 0 Å². The molecule has 1 amide bonds. The van der Waals surface area contributed by atoms with Gasteiger partial charge < -0.3 is 15.5 Å². The summed E-state index contributed by atoms with van der Waals surface area (Å²) in [7, 11) is 0. The Kier molecular flexibility index (Phi) is 4.02.